The average Bonchev–Trinajstić information content (AvgIpc) is 2.83. The van der Waals surface area contributed by atoms with Crippen LogP contribution in [-0.4, -0.2) is 16.2 Å². The number of aromatic nitrogens is 2. The van der Waals surface area contributed by atoms with E-state index in [1.54, 1.807) is 22.2 Å². The zero-order valence-electron chi connectivity index (χ0n) is 13.6. The van der Waals surface area contributed by atoms with E-state index in [4.69, 9.17) is 4.74 Å². The van der Waals surface area contributed by atoms with Crippen molar-refractivity contribution in [3.05, 3.63) is 57.0 Å². The number of thiophene rings is 1. The minimum atomic E-state index is 0.0483. The SMILES string of the molecule is Cc1ccc(OCCCn2cnc3sc(C)c(C)c3c2=O)cc1. The van der Waals surface area contributed by atoms with Gasteiger partial charge in [0.05, 0.1) is 18.3 Å². The molecule has 0 aliphatic heterocycles. The summed E-state index contributed by atoms with van der Waals surface area (Å²) in [6.07, 6.45) is 2.41. The van der Waals surface area contributed by atoms with Gasteiger partial charge in [-0.15, -0.1) is 11.3 Å². The molecule has 0 amide bonds. The van der Waals surface area contributed by atoms with Crippen molar-refractivity contribution in [2.45, 2.75) is 33.7 Å². The van der Waals surface area contributed by atoms with Gasteiger partial charge in [0.15, 0.2) is 0 Å². The summed E-state index contributed by atoms with van der Waals surface area (Å²) in [5.41, 5.74) is 2.31. The lowest BCUT2D eigenvalue weighted by atomic mass is 10.2. The number of fused-ring (bicyclic) bond motifs is 1. The Morgan fingerprint density at radius 1 is 1.17 bits per heavy atom. The highest BCUT2D eigenvalue weighted by Gasteiger charge is 2.11. The van der Waals surface area contributed by atoms with Crippen LogP contribution >= 0.6 is 11.3 Å². The molecule has 0 aliphatic rings. The van der Waals surface area contributed by atoms with Gasteiger partial charge in [0, 0.05) is 11.4 Å². The van der Waals surface area contributed by atoms with E-state index in [2.05, 4.69) is 4.98 Å². The molecule has 0 radical (unpaired) electrons. The van der Waals surface area contributed by atoms with E-state index in [9.17, 15) is 4.79 Å². The Bertz CT molecular complexity index is 878. The quantitative estimate of drug-likeness (QED) is 0.668. The molecule has 2 heterocycles. The van der Waals surface area contributed by atoms with E-state index in [0.29, 0.717) is 13.2 Å². The van der Waals surface area contributed by atoms with Gasteiger partial charge in [-0.3, -0.25) is 9.36 Å². The maximum Gasteiger partial charge on any atom is 0.262 e. The Balaban J connectivity index is 1.65. The molecular weight excluding hydrogens is 308 g/mol. The first-order valence-corrected chi connectivity index (χ1v) is 8.52. The summed E-state index contributed by atoms with van der Waals surface area (Å²) >= 11 is 1.58. The molecular formula is C18H20N2O2S. The third-order valence-electron chi connectivity index (χ3n) is 3.99. The molecule has 2 aromatic heterocycles. The van der Waals surface area contributed by atoms with Crippen LogP contribution in [0.1, 0.15) is 22.4 Å². The zero-order valence-corrected chi connectivity index (χ0v) is 14.4. The van der Waals surface area contributed by atoms with Gasteiger partial charge in [-0.25, -0.2) is 4.98 Å². The number of rotatable bonds is 5. The van der Waals surface area contributed by atoms with Crippen molar-refractivity contribution >= 4 is 21.6 Å². The van der Waals surface area contributed by atoms with Gasteiger partial charge in [0.2, 0.25) is 0 Å². The van der Waals surface area contributed by atoms with Crippen LogP contribution in [0.15, 0.2) is 35.4 Å². The molecule has 0 bridgehead atoms. The molecule has 0 aliphatic carbocycles. The first-order valence-electron chi connectivity index (χ1n) is 7.71. The molecule has 0 saturated heterocycles. The van der Waals surface area contributed by atoms with Gasteiger partial charge >= 0.3 is 0 Å². The van der Waals surface area contributed by atoms with Crippen molar-refractivity contribution in [2.75, 3.05) is 6.61 Å². The normalized spacial score (nSPS) is 11.1. The third kappa shape index (κ3) is 3.29. The molecule has 23 heavy (non-hydrogen) atoms. The lowest BCUT2D eigenvalue weighted by Crippen LogP contribution is -2.21. The van der Waals surface area contributed by atoms with E-state index in [1.165, 1.54) is 5.56 Å². The van der Waals surface area contributed by atoms with Gasteiger partial charge in [0.1, 0.15) is 10.6 Å². The Morgan fingerprint density at radius 3 is 2.65 bits per heavy atom. The van der Waals surface area contributed by atoms with E-state index < -0.39 is 0 Å². The highest BCUT2D eigenvalue weighted by Crippen LogP contribution is 2.25. The Labute approximate surface area is 139 Å². The van der Waals surface area contributed by atoms with Crippen LogP contribution in [0.4, 0.5) is 0 Å². The topological polar surface area (TPSA) is 44.1 Å². The maximum absolute atomic E-state index is 12.6. The van der Waals surface area contributed by atoms with Crippen LogP contribution in [0.3, 0.4) is 0 Å². The fourth-order valence-corrected chi connectivity index (χ4v) is 3.48. The minimum absolute atomic E-state index is 0.0483. The van der Waals surface area contributed by atoms with Crippen LogP contribution in [0, 0.1) is 20.8 Å². The summed E-state index contributed by atoms with van der Waals surface area (Å²) in [5, 5.41) is 0.759. The second-order valence-electron chi connectivity index (χ2n) is 5.72. The Kier molecular flexibility index (Phi) is 4.48. The molecule has 120 valence electrons. The van der Waals surface area contributed by atoms with Gasteiger partial charge in [-0.1, -0.05) is 17.7 Å². The molecule has 0 saturated carbocycles. The van der Waals surface area contributed by atoms with Crippen LogP contribution in [0.5, 0.6) is 5.75 Å². The smallest absolute Gasteiger partial charge is 0.262 e. The predicted molar refractivity (Wildman–Crippen MR) is 94.6 cm³/mol. The van der Waals surface area contributed by atoms with Gasteiger partial charge < -0.3 is 4.74 Å². The molecule has 0 fully saturated rings. The fourth-order valence-electron chi connectivity index (χ4n) is 2.49. The first-order chi connectivity index (χ1) is 11.1. The van der Waals surface area contributed by atoms with E-state index in [0.717, 1.165) is 32.8 Å². The van der Waals surface area contributed by atoms with Crippen molar-refractivity contribution in [2.24, 2.45) is 0 Å². The minimum Gasteiger partial charge on any atom is -0.494 e. The van der Waals surface area contributed by atoms with E-state index in [1.807, 2.05) is 45.0 Å². The number of nitrogens with zero attached hydrogens (tertiary/aromatic N) is 2. The van der Waals surface area contributed by atoms with Crippen LogP contribution < -0.4 is 10.3 Å². The van der Waals surface area contributed by atoms with Crippen molar-refractivity contribution < 1.29 is 4.74 Å². The maximum atomic E-state index is 12.6. The van der Waals surface area contributed by atoms with Gasteiger partial charge in [-0.05, 0) is 44.9 Å². The van der Waals surface area contributed by atoms with Crippen molar-refractivity contribution in [3.63, 3.8) is 0 Å². The van der Waals surface area contributed by atoms with Crippen molar-refractivity contribution in [3.8, 4) is 5.75 Å². The van der Waals surface area contributed by atoms with E-state index in [-0.39, 0.29) is 5.56 Å². The molecule has 0 spiro atoms. The zero-order chi connectivity index (χ0) is 16.4. The molecule has 0 unspecified atom stereocenters. The Morgan fingerprint density at radius 2 is 1.91 bits per heavy atom. The summed E-state index contributed by atoms with van der Waals surface area (Å²) < 4.78 is 7.38. The standard InChI is InChI=1S/C18H20N2O2S/c1-12-5-7-15(8-6-12)22-10-4-9-20-11-19-17-16(18(20)21)13(2)14(3)23-17/h5-8,11H,4,9-10H2,1-3H3. The summed E-state index contributed by atoms with van der Waals surface area (Å²) in [4.78, 5) is 19.0. The molecule has 4 nitrogen and oxygen atoms in total. The monoisotopic (exact) mass is 328 g/mol. The van der Waals surface area contributed by atoms with Gasteiger partial charge in [0.25, 0.3) is 5.56 Å². The molecule has 3 rings (SSSR count). The summed E-state index contributed by atoms with van der Waals surface area (Å²) in [5.74, 6) is 0.862. The largest absolute Gasteiger partial charge is 0.494 e. The van der Waals surface area contributed by atoms with Crippen LogP contribution in [-0.2, 0) is 6.54 Å². The molecule has 5 heteroatoms. The highest BCUT2D eigenvalue weighted by molar-refractivity contribution is 7.18. The predicted octanol–water partition coefficient (Wildman–Crippen LogP) is 3.85. The fraction of sp³-hybridized carbons (Fsp3) is 0.333. The number of hydrogen-bond acceptors (Lipinski definition) is 4. The lowest BCUT2D eigenvalue weighted by Gasteiger charge is -2.08. The second-order valence-corrected chi connectivity index (χ2v) is 6.92. The molecule has 0 N–H and O–H groups in total. The summed E-state index contributed by atoms with van der Waals surface area (Å²) in [6.45, 7) is 7.26. The third-order valence-corrected chi connectivity index (χ3v) is 5.10. The van der Waals surface area contributed by atoms with E-state index >= 15 is 0 Å². The van der Waals surface area contributed by atoms with Crippen LogP contribution in [0.2, 0.25) is 0 Å². The van der Waals surface area contributed by atoms with Crippen molar-refractivity contribution in [1.82, 2.24) is 9.55 Å². The number of ether oxygens (including phenoxy) is 1. The van der Waals surface area contributed by atoms with Crippen molar-refractivity contribution in [1.29, 1.82) is 0 Å². The number of hydrogen-bond donors (Lipinski definition) is 0. The molecule has 0 atom stereocenters. The summed E-state index contributed by atoms with van der Waals surface area (Å²) in [7, 11) is 0. The highest BCUT2D eigenvalue weighted by atomic mass is 32.1. The summed E-state index contributed by atoms with van der Waals surface area (Å²) in [6, 6.07) is 7.98. The number of aryl methyl sites for hydroxylation is 4. The molecule has 3 aromatic rings. The van der Waals surface area contributed by atoms with Gasteiger partial charge in [-0.2, -0.15) is 0 Å². The van der Waals surface area contributed by atoms with Crippen LogP contribution in [0.25, 0.3) is 10.2 Å². The second kappa shape index (κ2) is 6.54. The Hall–Kier alpha value is -2.14. The first kappa shape index (κ1) is 15.7. The molecule has 1 aromatic carbocycles. The number of benzene rings is 1. The lowest BCUT2D eigenvalue weighted by molar-refractivity contribution is 0.300. The average molecular weight is 328 g/mol.